The van der Waals surface area contributed by atoms with Crippen molar-refractivity contribution in [3.63, 3.8) is 0 Å². The molecular formula is C14H9FN6OS. The Labute approximate surface area is 132 Å². The summed E-state index contributed by atoms with van der Waals surface area (Å²) in [5.74, 6) is -0.0462. The molecule has 0 saturated heterocycles. The van der Waals surface area contributed by atoms with Gasteiger partial charge in [0, 0.05) is 23.2 Å². The molecule has 9 heteroatoms. The number of hydrogen-bond donors (Lipinski definition) is 0. The number of hydrogen-bond acceptors (Lipinski definition) is 6. The Morgan fingerprint density at radius 1 is 1.26 bits per heavy atom. The largest absolute Gasteiger partial charge is 0.269 e. The molecular weight excluding hydrogens is 319 g/mol. The lowest BCUT2D eigenvalue weighted by molar-refractivity contribution is 0.564. The number of benzene rings is 1. The van der Waals surface area contributed by atoms with Gasteiger partial charge in [0.15, 0.2) is 4.96 Å². The van der Waals surface area contributed by atoms with Gasteiger partial charge in [-0.2, -0.15) is 4.80 Å². The summed E-state index contributed by atoms with van der Waals surface area (Å²) in [7, 11) is 0. The van der Waals surface area contributed by atoms with E-state index < -0.39 is 0 Å². The molecule has 0 aliphatic carbocycles. The Bertz CT molecular complexity index is 1050. The fourth-order valence-corrected chi connectivity index (χ4v) is 2.91. The normalized spacial score (nSPS) is 11.2. The first-order valence-electron chi connectivity index (χ1n) is 6.68. The van der Waals surface area contributed by atoms with E-state index in [0.29, 0.717) is 22.0 Å². The maximum atomic E-state index is 13.2. The van der Waals surface area contributed by atoms with Crippen LogP contribution in [0.3, 0.4) is 0 Å². The van der Waals surface area contributed by atoms with Crippen LogP contribution in [-0.4, -0.2) is 29.6 Å². The molecule has 0 radical (unpaired) electrons. The molecule has 23 heavy (non-hydrogen) atoms. The third-order valence-corrected chi connectivity index (χ3v) is 3.95. The maximum Gasteiger partial charge on any atom is 0.258 e. The molecule has 7 nitrogen and oxygen atoms in total. The quantitative estimate of drug-likeness (QED) is 0.571. The predicted molar refractivity (Wildman–Crippen MR) is 81.7 cm³/mol. The van der Waals surface area contributed by atoms with Gasteiger partial charge in [0.1, 0.15) is 12.4 Å². The Balaban J connectivity index is 1.65. The average Bonchev–Trinajstić information content (AvgIpc) is 3.16. The molecule has 0 N–H and O–H groups in total. The van der Waals surface area contributed by atoms with Crippen LogP contribution < -0.4 is 5.56 Å². The first-order chi connectivity index (χ1) is 11.2. The molecule has 4 aromatic rings. The Morgan fingerprint density at radius 2 is 2.17 bits per heavy atom. The van der Waals surface area contributed by atoms with Gasteiger partial charge in [-0.05, 0) is 17.3 Å². The van der Waals surface area contributed by atoms with Gasteiger partial charge in [-0.15, -0.1) is 21.5 Å². The summed E-state index contributed by atoms with van der Waals surface area (Å²) in [6.07, 6.45) is 1.68. The van der Waals surface area contributed by atoms with Gasteiger partial charge >= 0.3 is 0 Å². The van der Waals surface area contributed by atoms with Crippen molar-refractivity contribution in [3.8, 4) is 11.4 Å². The van der Waals surface area contributed by atoms with Gasteiger partial charge in [-0.25, -0.2) is 9.37 Å². The zero-order chi connectivity index (χ0) is 15.8. The number of nitrogens with zero attached hydrogens (tertiary/aromatic N) is 6. The van der Waals surface area contributed by atoms with Crippen LogP contribution in [0.5, 0.6) is 0 Å². The molecule has 0 spiro atoms. The monoisotopic (exact) mass is 328 g/mol. The van der Waals surface area contributed by atoms with Crippen LogP contribution in [0.2, 0.25) is 0 Å². The highest BCUT2D eigenvalue weighted by Gasteiger charge is 2.09. The first-order valence-corrected chi connectivity index (χ1v) is 7.56. The summed E-state index contributed by atoms with van der Waals surface area (Å²) >= 11 is 1.37. The van der Waals surface area contributed by atoms with E-state index in [9.17, 15) is 9.18 Å². The molecule has 3 aromatic heterocycles. The molecule has 0 fully saturated rings. The smallest absolute Gasteiger partial charge is 0.258 e. The molecule has 0 aliphatic rings. The van der Waals surface area contributed by atoms with E-state index in [2.05, 4.69) is 20.4 Å². The van der Waals surface area contributed by atoms with Gasteiger partial charge in [-0.1, -0.05) is 12.1 Å². The van der Waals surface area contributed by atoms with Gasteiger partial charge in [0.05, 0.1) is 5.69 Å². The highest BCUT2D eigenvalue weighted by atomic mass is 32.1. The van der Waals surface area contributed by atoms with E-state index in [1.165, 1.54) is 38.7 Å². The van der Waals surface area contributed by atoms with Crippen molar-refractivity contribution in [1.29, 1.82) is 0 Å². The van der Waals surface area contributed by atoms with E-state index in [1.807, 2.05) is 0 Å². The standard InChI is InChI=1S/C14H9FN6OS/c15-10-3-1-2-9(6-10)13-17-19-21(18-13)8-11-7-12(22)20-4-5-23-14(20)16-11/h1-7H,8H2. The number of halogens is 1. The lowest BCUT2D eigenvalue weighted by Crippen LogP contribution is -2.15. The number of tetrazole rings is 1. The molecule has 114 valence electrons. The lowest BCUT2D eigenvalue weighted by Gasteiger charge is -1.99. The topological polar surface area (TPSA) is 78.0 Å². The van der Waals surface area contributed by atoms with E-state index >= 15 is 0 Å². The molecule has 1 aromatic carbocycles. The van der Waals surface area contributed by atoms with E-state index in [0.717, 1.165) is 0 Å². The lowest BCUT2D eigenvalue weighted by atomic mass is 10.2. The summed E-state index contributed by atoms with van der Waals surface area (Å²) in [5.41, 5.74) is 0.926. The number of thiazole rings is 1. The van der Waals surface area contributed by atoms with Crippen molar-refractivity contribution < 1.29 is 4.39 Å². The SMILES string of the molecule is O=c1cc(Cn2nnc(-c3cccc(F)c3)n2)nc2sccn12. The minimum absolute atomic E-state index is 0.156. The van der Waals surface area contributed by atoms with Crippen molar-refractivity contribution in [2.75, 3.05) is 0 Å². The third kappa shape index (κ3) is 2.61. The summed E-state index contributed by atoms with van der Waals surface area (Å²) in [6, 6.07) is 7.40. The van der Waals surface area contributed by atoms with Crippen LogP contribution in [0.15, 0.2) is 46.7 Å². The van der Waals surface area contributed by atoms with Crippen molar-refractivity contribution in [3.05, 3.63) is 63.8 Å². The van der Waals surface area contributed by atoms with Crippen molar-refractivity contribution in [1.82, 2.24) is 29.6 Å². The van der Waals surface area contributed by atoms with Crippen LogP contribution in [0.1, 0.15) is 5.69 Å². The van der Waals surface area contributed by atoms with Crippen molar-refractivity contribution in [2.24, 2.45) is 0 Å². The van der Waals surface area contributed by atoms with Crippen LogP contribution in [0.25, 0.3) is 16.3 Å². The molecule has 4 rings (SSSR count). The molecule has 0 unspecified atom stereocenters. The highest BCUT2D eigenvalue weighted by molar-refractivity contribution is 7.15. The zero-order valence-electron chi connectivity index (χ0n) is 11.6. The summed E-state index contributed by atoms with van der Waals surface area (Å²) in [5, 5.41) is 13.8. The van der Waals surface area contributed by atoms with Gasteiger partial charge in [0.2, 0.25) is 5.82 Å². The second-order valence-corrected chi connectivity index (χ2v) is 5.67. The zero-order valence-corrected chi connectivity index (χ0v) is 12.4. The van der Waals surface area contributed by atoms with E-state index in [4.69, 9.17) is 0 Å². The van der Waals surface area contributed by atoms with Crippen molar-refractivity contribution in [2.45, 2.75) is 6.54 Å². The fourth-order valence-electron chi connectivity index (χ4n) is 2.17. The maximum absolute atomic E-state index is 13.2. The highest BCUT2D eigenvalue weighted by Crippen LogP contribution is 2.14. The summed E-state index contributed by atoms with van der Waals surface area (Å²) in [4.78, 5) is 18.3. The first kappa shape index (κ1) is 13.7. The Kier molecular flexibility index (Phi) is 3.19. The second kappa shape index (κ2) is 5.36. The minimum atomic E-state index is -0.364. The third-order valence-electron chi connectivity index (χ3n) is 3.20. The molecule has 0 aliphatic heterocycles. The second-order valence-electron chi connectivity index (χ2n) is 4.80. The minimum Gasteiger partial charge on any atom is -0.269 e. The van der Waals surface area contributed by atoms with Crippen LogP contribution in [-0.2, 0) is 6.54 Å². The predicted octanol–water partition coefficient (Wildman–Crippen LogP) is 1.60. The molecule has 0 saturated carbocycles. The van der Waals surface area contributed by atoms with Gasteiger partial charge in [-0.3, -0.25) is 9.20 Å². The van der Waals surface area contributed by atoms with Crippen molar-refractivity contribution >= 4 is 16.3 Å². The Morgan fingerprint density at radius 3 is 3.04 bits per heavy atom. The average molecular weight is 328 g/mol. The van der Waals surface area contributed by atoms with Crippen LogP contribution in [0, 0.1) is 5.82 Å². The number of rotatable bonds is 3. The fraction of sp³-hybridized carbons (Fsp3) is 0.0714. The van der Waals surface area contributed by atoms with Gasteiger partial charge < -0.3 is 0 Å². The van der Waals surface area contributed by atoms with Crippen LogP contribution >= 0.6 is 11.3 Å². The van der Waals surface area contributed by atoms with E-state index in [1.54, 1.807) is 23.7 Å². The summed E-state index contributed by atoms with van der Waals surface area (Å²) < 4.78 is 14.7. The molecule has 3 heterocycles. The van der Waals surface area contributed by atoms with E-state index in [-0.39, 0.29) is 17.9 Å². The molecule has 0 atom stereocenters. The Hall–Kier alpha value is -2.94. The molecule has 0 bridgehead atoms. The number of fused-ring (bicyclic) bond motifs is 1. The van der Waals surface area contributed by atoms with Gasteiger partial charge in [0.25, 0.3) is 5.56 Å². The van der Waals surface area contributed by atoms with Crippen LogP contribution in [0.4, 0.5) is 4.39 Å². The molecule has 0 amide bonds. The summed E-state index contributed by atoms with van der Waals surface area (Å²) in [6.45, 7) is 0.214. The number of aromatic nitrogens is 6.